The first-order chi connectivity index (χ1) is 9.99. The summed E-state index contributed by atoms with van der Waals surface area (Å²) >= 11 is 0. The fraction of sp³-hybridized carbons (Fsp3) is 0.375. The van der Waals surface area contributed by atoms with Gasteiger partial charge in [0.15, 0.2) is 0 Å². The molecule has 2 atom stereocenters. The molecule has 0 aliphatic heterocycles. The van der Waals surface area contributed by atoms with Crippen molar-refractivity contribution in [2.24, 2.45) is 5.92 Å². The molecule has 0 aromatic heterocycles. The SMILES string of the molecule is C=CCOc1ccc(C(=O)N[C@H](C(=O)O)C(C)CC)cc1. The molecule has 5 nitrogen and oxygen atoms in total. The highest BCUT2D eigenvalue weighted by molar-refractivity contribution is 5.96. The van der Waals surface area contributed by atoms with Crippen LogP contribution in [0.25, 0.3) is 0 Å². The molecular formula is C16H21NO4. The van der Waals surface area contributed by atoms with Gasteiger partial charge in [0.25, 0.3) is 5.91 Å². The zero-order valence-corrected chi connectivity index (χ0v) is 12.3. The third-order valence-corrected chi connectivity index (χ3v) is 3.25. The first kappa shape index (κ1) is 16.8. The maximum atomic E-state index is 12.1. The van der Waals surface area contributed by atoms with Gasteiger partial charge in [0, 0.05) is 5.56 Å². The Kier molecular flexibility index (Phi) is 6.46. The van der Waals surface area contributed by atoms with Crippen molar-refractivity contribution in [1.29, 1.82) is 0 Å². The van der Waals surface area contributed by atoms with Crippen molar-refractivity contribution in [3.05, 3.63) is 42.5 Å². The summed E-state index contributed by atoms with van der Waals surface area (Å²) in [6.45, 7) is 7.62. The van der Waals surface area contributed by atoms with E-state index in [-0.39, 0.29) is 5.92 Å². The van der Waals surface area contributed by atoms with Crippen molar-refractivity contribution in [3.63, 3.8) is 0 Å². The summed E-state index contributed by atoms with van der Waals surface area (Å²) in [5.41, 5.74) is 0.399. The highest BCUT2D eigenvalue weighted by atomic mass is 16.5. The molecule has 0 heterocycles. The Labute approximate surface area is 124 Å². The van der Waals surface area contributed by atoms with Gasteiger partial charge in [-0.05, 0) is 30.2 Å². The van der Waals surface area contributed by atoms with E-state index in [2.05, 4.69) is 11.9 Å². The number of ether oxygens (including phenoxy) is 1. The van der Waals surface area contributed by atoms with Gasteiger partial charge in [0.05, 0.1) is 0 Å². The molecule has 0 saturated heterocycles. The van der Waals surface area contributed by atoms with E-state index >= 15 is 0 Å². The lowest BCUT2D eigenvalue weighted by Crippen LogP contribution is -2.45. The summed E-state index contributed by atoms with van der Waals surface area (Å²) in [6.07, 6.45) is 2.30. The zero-order chi connectivity index (χ0) is 15.8. The Hall–Kier alpha value is -2.30. The van der Waals surface area contributed by atoms with Crippen molar-refractivity contribution in [3.8, 4) is 5.75 Å². The first-order valence-electron chi connectivity index (χ1n) is 6.87. The Morgan fingerprint density at radius 1 is 1.38 bits per heavy atom. The van der Waals surface area contributed by atoms with E-state index in [0.29, 0.717) is 24.3 Å². The maximum Gasteiger partial charge on any atom is 0.326 e. The molecule has 0 fully saturated rings. The number of nitrogens with one attached hydrogen (secondary N) is 1. The molecule has 0 spiro atoms. The minimum atomic E-state index is -1.02. The average molecular weight is 291 g/mol. The minimum Gasteiger partial charge on any atom is -0.490 e. The lowest BCUT2D eigenvalue weighted by atomic mass is 9.99. The fourth-order valence-corrected chi connectivity index (χ4v) is 1.77. The van der Waals surface area contributed by atoms with E-state index in [1.165, 1.54) is 0 Å². The summed E-state index contributed by atoms with van der Waals surface area (Å²) in [4.78, 5) is 23.3. The van der Waals surface area contributed by atoms with Crippen molar-refractivity contribution in [2.75, 3.05) is 6.61 Å². The normalized spacial score (nSPS) is 13.0. The van der Waals surface area contributed by atoms with Crippen LogP contribution in [-0.2, 0) is 4.79 Å². The van der Waals surface area contributed by atoms with Crippen LogP contribution in [0.4, 0.5) is 0 Å². The summed E-state index contributed by atoms with van der Waals surface area (Å²) in [7, 11) is 0. The van der Waals surface area contributed by atoms with E-state index in [1.54, 1.807) is 37.3 Å². The largest absolute Gasteiger partial charge is 0.490 e. The van der Waals surface area contributed by atoms with Gasteiger partial charge in [0.2, 0.25) is 0 Å². The molecule has 2 N–H and O–H groups in total. The number of hydrogen-bond acceptors (Lipinski definition) is 3. The topological polar surface area (TPSA) is 75.6 Å². The van der Waals surface area contributed by atoms with Crippen LogP contribution in [0.3, 0.4) is 0 Å². The second-order valence-electron chi connectivity index (χ2n) is 4.80. The molecule has 1 aromatic rings. The van der Waals surface area contributed by atoms with Crippen LogP contribution in [0.2, 0.25) is 0 Å². The van der Waals surface area contributed by atoms with Gasteiger partial charge < -0.3 is 15.2 Å². The summed E-state index contributed by atoms with van der Waals surface area (Å²) < 4.78 is 5.32. The predicted molar refractivity (Wildman–Crippen MR) is 80.5 cm³/mol. The molecule has 0 bridgehead atoms. The molecule has 0 saturated carbocycles. The minimum absolute atomic E-state index is 0.137. The summed E-state index contributed by atoms with van der Waals surface area (Å²) in [5.74, 6) is -0.939. The molecule has 1 rings (SSSR count). The molecule has 0 aliphatic carbocycles. The van der Waals surface area contributed by atoms with E-state index in [4.69, 9.17) is 9.84 Å². The molecule has 114 valence electrons. The molecule has 0 aliphatic rings. The zero-order valence-electron chi connectivity index (χ0n) is 12.3. The number of carboxylic acids is 1. The number of carboxylic acid groups (broad SMARTS) is 1. The van der Waals surface area contributed by atoms with Crippen molar-refractivity contribution in [2.45, 2.75) is 26.3 Å². The standard InChI is InChI=1S/C16H21NO4/c1-4-10-21-13-8-6-12(7-9-13)15(18)17-14(16(19)20)11(3)5-2/h4,6-9,11,14H,1,5,10H2,2-3H3,(H,17,18)(H,19,20)/t11?,14-/m0/s1. The summed E-state index contributed by atoms with van der Waals surface area (Å²) in [5, 5.41) is 11.7. The third kappa shape index (κ3) is 4.95. The van der Waals surface area contributed by atoms with E-state index in [0.717, 1.165) is 0 Å². The molecular weight excluding hydrogens is 270 g/mol. The number of hydrogen-bond donors (Lipinski definition) is 2. The number of carbonyl (C=O) groups is 2. The highest BCUT2D eigenvalue weighted by Crippen LogP contribution is 2.13. The molecule has 0 radical (unpaired) electrons. The Balaban J connectivity index is 2.73. The molecule has 1 aromatic carbocycles. The van der Waals surface area contributed by atoms with Crippen LogP contribution >= 0.6 is 0 Å². The molecule has 1 amide bonds. The van der Waals surface area contributed by atoms with Gasteiger partial charge in [-0.1, -0.05) is 32.9 Å². The second-order valence-corrected chi connectivity index (χ2v) is 4.80. The maximum absolute atomic E-state index is 12.1. The molecule has 21 heavy (non-hydrogen) atoms. The van der Waals surface area contributed by atoms with Crippen LogP contribution < -0.4 is 10.1 Å². The van der Waals surface area contributed by atoms with E-state index in [1.807, 2.05) is 6.92 Å². The van der Waals surface area contributed by atoms with Crippen LogP contribution in [0.15, 0.2) is 36.9 Å². The Bertz CT molecular complexity index is 496. The lowest BCUT2D eigenvalue weighted by molar-refractivity contribution is -0.140. The highest BCUT2D eigenvalue weighted by Gasteiger charge is 2.25. The van der Waals surface area contributed by atoms with Gasteiger partial charge in [-0.25, -0.2) is 4.79 Å². The number of aliphatic carboxylic acids is 1. The van der Waals surface area contributed by atoms with Gasteiger partial charge in [-0.15, -0.1) is 0 Å². The monoisotopic (exact) mass is 291 g/mol. The van der Waals surface area contributed by atoms with E-state index in [9.17, 15) is 9.59 Å². The average Bonchev–Trinajstić information content (AvgIpc) is 2.49. The van der Waals surface area contributed by atoms with Gasteiger partial charge in [-0.3, -0.25) is 4.79 Å². The quantitative estimate of drug-likeness (QED) is 0.721. The number of benzene rings is 1. The molecule has 1 unspecified atom stereocenters. The van der Waals surface area contributed by atoms with Crippen molar-refractivity contribution in [1.82, 2.24) is 5.32 Å². The third-order valence-electron chi connectivity index (χ3n) is 3.25. The van der Waals surface area contributed by atoms with E-state index < -0.39 is 17.9 Å². The van der Waals surface area contributed by atoms with Crippen LogP contribution in [0.1, 0.15) is 30.6 Å². The fourth-order valence-electron chi connectivity index (χ4n) is 1.77. The smallest absolute Gasteiger partial charge is 0.326 e. The van der Waals surface area contributed by atoms with Gasteiger partial charge >= 0.3 is 5.97 Å². The Morgan fingerprint density at radius 3 is 2.48 bits per heavy atom. The van der Waals surface area contributed by atoms with Crippen LogP contribution in [0.5, 0.6) is 5.75 Å². The van der Waals surface area contributed by atoms with Crippen molar-refractivity contribution < 1.29 is 19.4 Å². The lowest BCUT2D eigenvalue weighted by Gasteiger charge is -2.20. The van der Waals surface area contributed by atoms with Gasteiger partial charge in [0.1, 0.15) is 18.4 Å². The molecule has 5 heteroatoms. The Morgan fingerprint density at radius 2 is 2.00 bits per heavy atom. The van der Waals surface area contributed by atoms with Crippen molar-refractivity contribution >= 4 is 11.9 Å². The summed E-state index contributed by atoms with van der Waals surface area (Å²) in [6, 6.07) is 5.64. The van der Waals surface area contributed by atoms with Crippen LogP contribution in [-0.4, -0.2) is 29.6 Å². The predicted octanol–water partition coefficient (Wildman–Crippen LogP) is 2.48. The second kappa shape index (κ2) is 8.09. The van der Waals surface area contributed by atoms with Gasteiger partial charge in [-0.2, -0.15) is 0 Å². The number of rotatable bonds is 8. The number of amides is 1. The number of carbonyl (C=O) groups excluding carboxylic acids is 1. The van der Waals surface area contributed by atoms with Crippen LogP contribution in [0, 0.1) is 5.92 Å². The first-order valence-corrected chi connectivity index (χ1v) is 6.87.